The molecule has 1 N–H and O–H groups in total. The van der Waals surface area contributed by atoms with Gasteiger partial charge in [0.1, 0.15) is 5.75 Å². The van der Waals surface area contributed by atoms with Crippen molar-refractivity contribution >= 4 is 11.8 Å². The van der Waals surface area contributed by atoms with Crippen molar-refractivity contribution in [3.8, 4) is 5.75 Å². The Morgan fingerprint density at radius 1 is 1.21 bits per heavy atom. The van der Waals surface area contributed by atoms with Crippen LogP contribution in [0.3, 0.4) is 0 Å². The number of ether oxygens (including phenoxy) is 2. The minimum absolute atomic E-state index is 0.0639. The molecule has 1 aromatic heterocycles. The van der Waals surface area contributed by atoms with Crippen LogP contribution in [0.15, 0.2) is 48.7 Å². The number of likely N-dealkylation sites (tertiary alicyclic amines) is 1. The first-order chi connectivity index (χ1) is 13.7. The average Bonchev–Trinajstić information content (AvgIpc) is 3.07. The van der Waals surface area contributed by atoms with Crippen LogP contribution in [0.4, 0.5) is 0 Å². The van der Waals surface area contributed by atoms with Gasteiger partial charge >= 0.3 is 0 Å². The van der Waals surface area contributed by atoms with E-state index in [1.165, 1.54) is 0 Å². The minimum Gasteiger partial charge on any atom is -0.496 e. The molecule has 0 bridgehead atoms. The number of pyridine rings is 1. The van der Waals surface area contributed by atoms with Crippen molar-refractivity contribution in [2.24, 2.45) is 5.92 Å². The first kappa shape index (κ1) is 19.8. The number of methoxy groups -OCH3 is 2. The summed E-state index contributed by atoms with van der Waals surface area (Å²) in [7, 11) is 3.18. The first-order valence-electron chi connectivity index (χ1n) is 9.24. The highest BCUT2D eigenvalue weighted by Gasteiger charge is 2.45. The molecule has 1 fully saturated rings. The quantitative estimate of drug-likeness (QED) is 0.754. The number of hydrogen-bond acceptors (Lipinski definition) is 5. The van der Waals surface area contributed by atoms with E-state index < -0.39 is 12.0 Å². The summed E-state index contributed by atoms with van der Waals surface area (Å²) in [5, 5.41) is 2.92. The largest absolute Gasteiger partial charge is 0.496 e. The molecule has 28 heavy (non-hydrogen) atoms. The molecule has 0 radical (unpaired) electrons. The second kappa shape index (κ2) is 9.32. The fraction of sp³-hybridized carbons (Fsp3) is 0.381. The molecule has 0 saturated carbocycles. The number of nitrogens with one attached hydrogen (secondary N) is 1. The molecule has 3 rings (SSSR count). The molecule has 0 unspecified atom stereocenters. The van der Waals surface area contributed by atoms with E-state index in [9.17, 15) is 9.59 Å². The Balaban J connectivity index is 1.85. The molecule has 7 heteroatoms. The molecule has 2 aromatic rings. The molecule has 0 aliphatic carbocycles. The summed E-state index contributed by atoms with van der Waals surface area (Å²) in [6.07, 6.45) is 1.84. The molecular weight excluding hydrogens is 358 g/mol. The maximum absolute atomic E-state index is 13.0. The zero-order valence-corrected chi connectivity index (χ0v) is 16.1. The van der Waals surface area contributed by atoms with Gasteiger partial charge in [-0.05, 0) is 18.2 Å². The Kier molecular flexibility index (Phi) is 6.60. The second-order valence-corrected chi connectivity index (χ2v) is 6.62. The smallest absolute Gasteiger partial charge is 0.226 e. The predicted octanol–water partition coefficient (Wildman–Crippen LogP) is 1.94. The van der Waals surface area contributed by atoms with E-state index in [0.29, 0.717) is 25.4 Å². The van der Waals surface area contributed by atoms with E-state index in [4.69, 9.17) is 9.47 Å². The van der Waals surface area contributed by atoms with E-state index in [0.717, 1.165) is 11.3 Å². The first-order valence-corrected chi connectivity index (χ1v) is 9.24. The molecule has 0 spiro atoms. The van der Waals surface area contributed by atoms with E-state index in [1.54, 1.807) is 25.3 Å². The monoisotopic (exact) mass is 383 g/mol. The van der Waals surface area contributed by atoms with Crippen LogP contribution >= 0.6 is 0 Å². The molecule has 148 valence electrons. The minimum atomic E-state index is -0.510. The molecule has 1 aliphatic rings. The molecule has 2 atom stereocenters. The molecular formula is C21H25N3O4. The standard InChI is InChI=1S/C21H25N3O4/c1-27-12-11-24-19(25)13-17(20(24)16-8-3-4-9-18(16)28-2)21(26)23-14-15-7-5-6-10-22-15/h3-10,17,20H,11-14H2,1-2H3,(H,23,26)/t17-,20+/m1/s1. The second-order valence-electron chi connectivity index (χ2n) is 6.62. The number of amides is 2. The zero-order chi connectivity index (χ0) is 19.9. The summed E-state index contributed by atoms with van der Waals surface area (Å²) >= 11 is 0. The Morgan fingerprint density at radius 2 is 2.00 bits per heavy atom. The van der Waals surface area contributed by atoms with Crippen molar-refractivity contribution in [2.75, 3.05) is 27.4 Å². The lowest BCUT2D eigenvalue weighted by Crippen LogP contribution is -2.37. The molecule has 2 amide bonds. The van der Waals surface area contributed by atoms with Gasteiger partial charge in [-0.3, -0.25) is 14.6 Å². The van der Waals surface area contributed by atoms with Gasteiger partial charge in [-0.1, -0.05) is 24.3 Å². The van der Waals surface area contributed by atoms with Crippen LogP contribution in [0.25, 0.3) is 0 Å². The van der Waals surface area contributed by atoms with Gasteiger partial charge < -0.3 is 19.7 Å². The van der Waals surface area contributed by atoms with E-state index in [2.05, 4.69) is 10.3 Å². The number of carbonyl (C=O) groups excluding carboxylic acids is 2. The lowest BCUT2D eigenvalue weighted by molar-refractivity contribution is -0.129. The maximum atomic E-state index is 13.0. The number of aromatic nitrogens is 1. The lowest BCUT2D eigenvalue weighted by Gasteiger charge is -2.29. The fourth-order valence-electron chi connectivity index (χ4n) is 3.59. The SMILES string of the molecule is COCCN1C(=O)C[C@@H](C(=O)NCc2ccccn2)[C@@H]1c1ccccc1OC. The average molecular weight is 383 g/mol. The van der Waals surface area contributed by atoms with Crippen LogP contribution in [0.5, 0.6) is 5.75 Å². The molecule has 1 aliphatic heterocycles. The van der Waals surface area contributed by atoms with Crippen LogP contribution in [0.2, 0.25) is 0 Å². The van der Waals surface area contributed by atoms with Crippen LogP contribution in [0, 0.1) is 5.92 Å². The highest BCUT2D eigenvalue weighted by molar-refractivity contribution is 5.90. The number of benzene rings is 1. The Bertz CT molecular complexity index is 812. The van der Waals surface area contributed by atoms with E-state index in [-0.39, 0.29) is 18.2 Å². The summed E-state index contributed by atoms with van der Waals surface area (Å²) in [6, 6.07) is 12.7. The molecule has 1 saturated heterocycles. The van der Waals surface area contributed by atoms with Gasteiger partial charge in [-0.15, -0.1) is 0 Å². The van der Waals surface area contributed by atoms with Gasteiger partial charge in [0.25, 0.3) is 0 Å². The number of para-hydroxylation sites is 1. The summed E-state index contributed by atoms with van der Waals surface area (Å²) in [5.74, 6) is -0.0859. The Morgan fingerprint density at radius 3 is 2.71 bits per heavy atom. The van der Waals surface area contributed by atoms with Crippen LogP contribution in [-0.2, 0) is 20.9 Å². The van der Waals surface area contributed by atoms with Gasteiger partial charge in [0.05, 0.1) is 37.9 Å². The summed E-state index contributed by atoms with van der Waals surface area (Å²) in [6.45, 7) is 1.14. The Hall–Kier alpha value is -2.93. The number of rotatable bonds is 8. The summed E-state index contributed by atoms with van der Waals surface area (Å²) in [4.78, 5) is 31.6. The van der Waals surface area contributed by atoms with E-state index >= 15 is 0 Å². The number of nitrogens with zero attached hydrogens (tertiary/aromatic N) is 2. The third-order valence-electron chi connectivity index (χ3n) is 4.93. The van der Waals surface area contributed by atoms with Gasteiger partial charge in [0.15, 0.2) is 0 Å². The summed E-state index contributed by atoms with van der Waals surface area (Å²) in [5.41, 5.74) is 1.59. The third-order valence-corrected chi connectivity index (χ3v) is 4.93. The van der Waals surface area contributed by atoms with Crippen molar-refractivity contribution in [3.63, 3.8) is 0 Å². The zero-order valence-electron chi connectivity index (χ0n) is 16.1. The van der Waals surface area contributed by atoms with Gasteiger partial charge in [-0.25, -0.2) is 0 Å². The van der Waals surface area contributed by atoms with Crippen molar-refractivity contribution in [3.05, 3.63) is 59.9 Å². The molecule has 7 nitrogen and oxygen atoms in total. The number of carbonyl (C=O) groups is 2. The van der Waals surface area contributed by atoms with Crippen molar-refractivity contribution in [2.45, 2.75) is 19.0 Å². The summed E-state index contributed by atoms with van der Waals surface area (Å²) < 4.78 is 10.7. The van der Waals surface area contributed by atoms with Crippen molar-refractivity contribution < 1.29 is 19.1 Å². The lowest BCUT2D eigenvalue weighted by atomic mass is 9.92. The number of hydrogen-bond donors (Lipinski definition) is 1. The van der Waals surface area contributed by atoms with Crippen molar-refractivity contribution in [1.82, 2.24) is 15.2 Å². The van der Waals surface area contributed by atoms with Gasteiger partial charge in [0, 0.05) is 31.8 Å². The fourth-order valence-corrected chi connectivity index (χ4v) is 3.59. The van der Waals surface area contributed by atoms with Crippen LogP contribution < -0.4 is 10.1 Å². The van der Waals surface area contributed by atoms with Gasteiger partial charge in [0.2, 0.25) is 11.8 Å². The van der Waals surface area contributed by atoms with Crippen LogP contribution in [-0.4, -0.2) is 49.1 Å². The van der Waals surface area contributed by atoms with Crippen molar-refractivity contribution in [1.29, 1.82) is 0 Å². The topological polar surface area (TPSA) is 80.8 Å². The van der Waals surface area contributed by atoms with Crippen LogP contribution in [0.1, 0.15) is 23.7 Å². The molecule has 2 heterocycles. The normalized spacial score (nSPS) is 18.9. The maximum Gasteiger partial charge on any atom is 0.226 e. The van der Waals surface area contributed by atoms with Gasteiger partial charge in [-0.2, -0.15) is 0 Å². The highest BCUT2D eigenvalue weighted by atomic mass is 16.5. The third kappa shape index (κ3) is 4.31. The molecule has 1 aromatic carbocycles. The predicted molar refractivity (Wildman–Crippen MR) is 104 cm³/mol. The Labute approximate surface area is 164 Å². The van der Waals surface area contributed by atoms with E-state index in [1.807, 2.05) is 42.5 Å². The highest BCUT2D eigenvalue weighted by Crippen LogP contribution is 2.41.